The number of hydrogen-bond donors (Lipinski definition) is 26. The number of H-pyrrole nitrogens is 1. The molecule has 0 bridgehead atoms. The molecule has 3 aliphatic rings. The van der Waals surface area contributed by atoms with Gasteiger partial charge >= 0.3 is 6.09 Å². The molecule has 0 radical (unpaired) electrons. The Hall–Kier alpha value is -7.97. The smallest absolute Gasteiger partial charge is 0.404 e. The van der Waals surface area contributed by atoms with Gasteiger partial charge in [-0.2, -0.15) is 0 Å². The van der Waals surface area contributed by atoms with Crippen molar-refractivity contribution in [2.45, 2.75) is 206 Å². The van der Waals surface area contributed by atoms with E-state index in [1.807, 2.05) is 0 Å². The normalized spacial score (nSPS) is 27.5. The molecule has 602 valence electrons. The zero-order chi connectivity index (χ0) is 79.9. The Balaban J connectivity index is 1.17. The third-order valence-corrected chi connectivity index (χ3v) is 19.0. The second kappa shape index (κ2) is 39.6. The number of aromatic nitrogens is 6. The number of ether oxygens (including phenoxy) is 7. The Morgan fingerprint density at radius 3 is 2.02 bits per heavy atom. The van der Waals surface area contributed by atoms with Crippen molar-refractivity contribution < 1.29 is 133 Å². The first-order chi connectivity index (χ1) is 50.9. The number of imidazole rings is 1. The van der Waals surface area contributed by atoms with Crippen LogP contribution >= 0.6 is 22.7 Å². The molecule has 3 saturated heterocycles. The summed E-state index contributed by atoms with van der Waals surface area (Å²) in [5.74, 6) is -8.40. The van der Waals surface area contributed by atoms with E-state index in [-0.39, 0.29) is 39.2 Å². The second-order valence-corrected chi connectivity index (χ2v) is 27.3. The number of anilines is 1. The number of hydrogen-bond acceptors (Lipinski definition) is 39. The average Bonchev–Trinajstić information content (AvgIpc) is 0.793. The molecule has 8 amide bonds. The van der Waals surface area contributed by atoms with Gasteiger partial charge in [-0.3, -0.25) is 33.6 Å². The lowest BCUT2D eigenvalue weighted by Gasteiger charge is -2.47. The lowest BCUT2D eigenvalue weighted by molar-refractivity contribution is -0.372. The first-order valence-electron chi connectivity index (χ1n) is 33.4. The van der Waals surface area contributed by atoms with E-state index in [0.717, 1.165) is 49.0 Å². The number of nitrogens with one attached hydrogen (secondary N) is 8. The van der Waals surface area contributed by atoms with Gasteiger partial charge in [-0.05, 0) is 34.6 Å². The summed E-state index contributed by atoms with van der Waals surface area (Å²) in [5, 5.41) is 153. The number of aliphatic hydroxyl groups is 12. The predicted octanol–water partition coefficient (Wildman–Crippen LogP) is -11.6. The van der Waals surface area contributed by atoms with Crippen LogP contribution in [0.15, 0.2) is 23.3 Å². The highest BCUT2D eigenvalue weighted by atomic mass is 32.1. The van der Waals surface area contributed by atoms with Gasteiger partial charge in [0.15, 0.2) is 37.3 Å². The molecule has 3 unspecified atom stereocenters. The van der Waals surface area contributed by atoms with Crippen molar-refractivity contribution in [2.24, 2.45) is 28.7 Å². The summed E-state index contributed by atoms with van der Waals surface area (Å²) in [4.78, 5) is 132. The number of thiazole rings is 2. The highest BCUT2D eigenvalue weighted by molar-refractivity contribution is 7.14. The van der Waals surface area contributed by atoms with Gasteiger partial charge in [0.25, 0.3) is 11.8 Å². The molecule has 7 heterocycles. The van der Waals surface area contributed by atoms with Crippen LogP contribution in [0.5, 0.6) is 0 Å². The minimum atomic E-state index is -2.26. The number of carbonyl (C=O) groups is 8. The summed E-state index contributed by atoms with van der Waals surface area (Å²) in [5.41, 5.74) is 33.3. The fourth-order valence-corrected chi connectivity index (χ4v) is 12.6. The molecular formula is C60H93N19O27S2. The molecule has 0 saturated carbocycles. The Kier molecular flexibility index (Phi) is 32.0. The minimum Gasteiger partial charge on any atom is -0.441 e. The van der Waals surface area contributed by atoms with Crippen molar-refractivity contribution in [3.63, 3.8) is 0 Å². The van der Waals surface area contributed by atoms with Crippen LogP contribution < -0.4 is 71.6 Å². The third-order valence-electron chi connectivity index (χ3n) is 17.2. The Morgan fingerprint density at radius 1 is 0.713 bits per heavy atom. The van der Waals surface area contributed by atoms with Gasteiger partial charge in [0.1, 0.15) is 112 Å². The molecule has 0 aromatic carbocycles. The number of rotatable bonds is 38. The number of primary amides is 3. The second-order valence-electron chi connectivity index (χ2n) is 25.6. The van der Waals surface area contributed by atoms with Gasteiger partial charge in [0.2, 0.25) is 29.5 Å². The van der Waals surface area contributed by atoms with E-state index in [1.165, 1.54) is 24.6 Å². The lowest BCUT2D eigenvalue weighted by Crippen LogP contribution is -2.65. The maximum absolute atomic E-state index is 15.3. The van der Waals surface area contributed by atoms with Gasteiger partial charge < -0.3 is 171 Å². The molecule has 46 nitrogen and oxygen atoms in total. The molecule has 0 aliphatic carbocycles. The third kappa shape index (κ3) is 22.6. The Morgan fingerprint density at radius 2 is 1.39 bits per heavy atom. The summed E-state index contributed by atoms with van der Waals surface area (Å²) in [7, 11) is 0. The minimum absolute atomic E-state index is 0.0263. The molecule has 3 fully saturated rings. The molecule has 48 heteroatoms. The molecular weight excluding hydrogens is 1480 g/mol. The molecule has 32 N–H and O–H groups in total. The van der Waals surface area contributed by atoms with Gasteiger partial charge in [-0.15, -0.1) is 22.7 Å². The monoisotopic (exact) mass is 1580 g/mol. The van der Waals surface area contributed by atoms with E-state index in [1.54, 1.807) is 6.92 Å². The van der Waals surface area contributed by atoms with Crippen molar-refractivity contribution >= 4 is 75.9 Å². The zero-order valence-electron chi connectivity index (χ0n) is 58.5. The van der Waals surface area contributed by atoms with Gasteiger partial charge in [0, 0.05) is 48.9 Å². The molecule has 108 heavy (non-hydrogen) atoms. The van der Waals surface area contributed by atoms with Crippen LogP contribution in [0.4, 0.5) is 10.6 Å². The predicted molar refractivity (Wildman–Crippen MR) is 366 cm³/mol. The summed E-state index contributed by atoms with van der Waals surface area (Å²) in [6.45, 7) is 4.88. The average molecular weight is 1580 g/mol. The largest absolute Gasteiger partial charge is 0.441 e. The fourth-order valence-electron chi connectivity index (χ4n) is 11.0. The zero-order valence-corrected chi connectivity index (χ0v) is 60.1. The van der Waals surface area contributed by atoms with Crippen LogP contribution in [-0.2, 0) is 57.1 Å². The van der Waals surface area contributed by atoms with Crippen LogP contribution in [0.1, 0.15) is 102 Å². The van der Waals surface area contributed by atoms with E-state index >= 15 is 4.79 Å². The highest BCUT2D eigenvalue weighted by Crippen LogP contribution is 2.36. The van der Waals surface area contributed by atoms with Crippen molar-refractivity contribution in [3.05, 3.63) is 56.8 Å². The first-order valence-corrected chi connectivity index (χ1v) is 35.2. The Bertz CT molecular complexity index is 3670. The summed E-state index contributed by atoms with van der Waals surface area (Å²) in [6.07, 6.45) is -38.5. The molecule has 3 aliphatic heterocycles. The topological polar surface area (TPSA) is 765 Å². The highest BCUT2D eigenvalue weighted by Gasteiger charge is 2.54. The van der Waals surface area contributed by atoms with Crippen molar-refractivity contribution in [1.29, 1.82) is 0 Å². The number of nitrogens with zero attached hydrogens (tertiary/aromatic N) is 5. The molecule has 7 rings (SSSR count). The van der Waals surface area contributed by atoms with E-state index in [0.29, 0.717) is 13.1 Å². The molecule has 26 atom stereocenters. The molecule has 4 aromatic rings. The van der Waals surface area contributed by atoms with Gasteiger partial charge in [-0.25, -0.2) is 29.7 Å². The van der Waals surface area contributed by atoms with E-state index in [4.69, 9.17) is 67.6 Å². The molecule has 0 spiro atoms. The van der Waals surface area contributed by atoms with E-state index < -0.39 is 256 Å². The van der Waals surface area contributed by atoms with E-state index in [2.05, 4.69) is 67.1 Å². The van der Waals surface area contributed by atoms with Crippen LogP contribution in [-0.4, -0.2) is 319 Å². The lowest BCUT2D eigenvalue weighted by atomic mass is 9.97. The summed E-state index contributed by atoms with van der Waals surface area (Å²) in [6, 6.07) is -9.69. The fraction of sp³-hybridized carbons (Fsp3) is 0.650. The maximum Gasteiger partial charge on any atom is 0.404 e. The van der Waals surface area contributed by atoms with Crippen LogP contribution in [0.3, 0.4) is 0 Å². The van der Waals surface area contributed by atoms with Crippen LogP contribution in [0.2, 0.25) is 0 Å². The number of nitrogen functional groups attached to an aromatic ring is 1. The number of nitrogens with two attached hydrogens (primary N) is 6. The SMILES string of the molecule is Cc1c(N)nc([C@H](CC(N)=O)NC[C@H](N)C(N)=O)nc1C(=O)N[C@H](C(=O)N[C@H](C)[C@@H](O)CC(=O)N[C@H](C(=O)NC(O[C@@H]1O[C@@H](C)[C@@H](N)[C@@H](O)[C@H]1O)C(O)c1nc(-c2nc(C(=O)NCCNCC(C)O)cs2)cs1)[C@@H](C)O)[C@@H](O[C@@H]1O[C@@H](CO)[C@@H](O)[C@H](O)[C@@H]1O[C@H]1O[C@H](CO)[C@@H](O)[C@H](OC(N)=O)[C@@H]1O)c1cnc[nH]1. The first kappa shape index (κ1) is 87.3. The number of amides is 8. The van der Waals surface area contributed by atoms with Gasteiger partial charge in [-0.1, -0.05) is 0 Å². The maximum atomic E-state index is 15.3. The van der Waals surface area contributed by atoms with Crippen molar-refractivity contribution in [2.75, 3.05) is 45.1 Å². The molecule has 4 aromatic heterocycles. The van der Waals surface area contributed by atoms with E-state index in [9.17, 15) is 94.8 Å². The standard InChI is InChI=1S/C60H93N19O27S2/c1-18(82)10-67-6-7-69-50(95)26-15-107-55(73-26)27-16-108-56(74-27)43(93)54(106-57-41(91)39(89)33(63)22(5)100-57)79-52(97)35(21(4)83)75-32(86)9-28(84)20(3)72-53(98)36(77-51(96)34-19(2)47(64)78-49(76-34)24(8-31(62)85)70-11-23(61)48(65)94)44(25-12-68-17-71-25)103-59-46(40(90)37(87)29(13-80)102-59)104-58-42(92)45(105-60(66)99)38(88)30(14-81)101-58/h12,15-18,20-24,28-30,33,35-46,54,57-59,67,70,80-84,87-93H,6-11,13-14,61,63H2,1-5H3,(H2,62,85)(H2,65,94)(H2,66,99)(H,68,71)(H,69,95)(H,72,98)(H,75,86)(H,77,96)(H,79,97)(H2,64,76,78)/t18?,20-,21-,22+,23+,24+,28+,29+,30-,33-,35+,36+,37-,38-,39-,40+,41-,42+,43?,44+,45+,46+,54?,57+,58-,59+/m1/s1. The van der Waals surface area contributed by atoms with Crippen LogP contribution in [0, 0.1) is 6.92 Å². The summed E-state index contributed by atoms with van der Waals surface area (Å²) >= 11 is 1.85. The number of aliphatic hydroxyl groups excluding tert-OH is 12. The van der Waals surface area contributed by atoms with Crippen LogP contribution in [0.25, 0.3) is 10.7 Å². The number of aromatic amines is 1. The van der Waals surface area contributed by atoms with Gasteiger partial charge in [0.05, 0.1) is 86.4 Å². The quantitative estimate of drug-likeness (QED) is 0.0146. The van der Waals surface area contributed by atoms with Crippen molar-refractivity contribution in [3.8, 4) is 10.7 Å². The van der Waals surface area contributed by atoms with Crippen molar-refractivity contribution in [1.82, 2.24) is 67.1 Å². The summed E-state index contributed by atoms with van der Waals surface area (Å²) < 4.78 is 40.3. The number of carbonyl (C=O) groups excluding carboxylic acids is 8. The Labute approximate surface area is 621 Å².